The van der Waals surface area contributed by atoms with Crippen molar-refractivity contribution in [3.05, 3.63) is 28.8 Å². The molecule has 0 spiro atoms. The van der Waals surface area contributed by atoms with E-state index in [1.165, 1.54) is 77.0 Å². The highest BCUT2D eigenvalue weighted by Gasteiger charge is 2.11. The van der Waals surface area contributed by atoms with Crippen LogP contribution >= 0.6 is 11.6 Å². The van der Waals surface area contributed by atoms with Gasteiger partial charge in [0, 0.05) is 6.54 Å². The summed E-state index contributed by atoms with van der Waals surface area (Å²) in [6.45, 7) is 2.49. The van der Waals surface area contributed by atoms with Crippen molar-refractivity contribution < 1.29 is 19.7 Å². The molecule has 3 N–H and O–H groups in total. The topological polar surface area (TPSA) is 78.8 Å². The lowest BCUT2D eigenvalue weighted by atomic mass is 10.0. The zero-order chi connectivity index (χ0) is 23.4. The number of esters is 1. The summed E-state index contributed by atoms with van der Waals surface area (Å²) in [6.07, 6.45) is 17.2. The van der Waals surface area contributed by atoms with Gasteiger partial charge in [-0.05, 0) is 24.6 Å². The number of aliphatic hydroxyl groups is 2. The van der Waals surface area contributed by atoms with E-state index in [0.717, 1.165) is 12.8 Å². The Hall–Kier alpha value is -1.30. The molecule has 0 aliphatic heterocycles. The Morgan fingerprint density at radius 3 is 2.00 bits per heavy atom. The molecule has 1 atom stereocenters. The molecule has 0 aliphatic rings. The summed E-state index contributed by atoms with van der Waals surface area (Å²) in [7, 11) is 0. The molecule has 6 heteroatoms. The number of carbonyl (C=O) groups excluding carboxylic acids is 1. The highest BCUT2D eigenvalue weighted by atomic mass is 35.5. The molecule has 0 aromatic heterocycles. The fourth-order valence-corrected chi connectivity index (χ4v) is 3.81. The molecule has 1 aromatic carbocycles. The Morgan fingerprint density at radius 1 is 0.938 bits per heavy atom. The van der Waals surface area contributed by atoms with Gasteiger partial charge in [0.1, 0.15) is 0 Å². The quantitative estimate of drug-likeness (QED) is 0.145. The number of aliphatic hydroxyl groups excluding tert-OH is 2. The van der Waals surface area contributed by atoms with Crippen LogP contribution in [0.4, 0.5) is 5.69 Å². The van der Waals surface area contributed by atoms with Gasteiger partial charge < -0.3 is 20.3 Å². The first-order valence-corrected chi connectivity index (χ1v) is 13.0. The lowest BCUT2D eigenvalue weighted by Crippen LogP contribution is -2.23. The van der Waals surface area contributed by atoms with Crippen LogP contribution in [0, 0.1) is 0 Å². The Labute approximate surface area is 199 Å². The molecule has 0 bridgehead atoms. The molecule has 0 saturated heterocycles. The van der Waals surface area contributed by atoms with E-state index in [9.17, 15) is 9.90 Å². The SMILES string of the molecule is CCCCCCCCCCCCCCCCOC(=O)c1ccc(Cl)c(NCC(O)CO)c1. The van der Waals surface area contributed by atoms with E-state index in [4.69, 9.17) is 21.4 Å². The second-order valence-corrected chi connectivity index (χ2v) is 9.05. The average molecular weight is 470 g/mol. The van der Waals surface area contributed by atoms with Crippen LogP contribution in [0.1, 0.15) is 107 Å². The molecule has 1 unspecified atom stereocenters. The number of ether oxygens (including phenoxy) is 1. The van der Waals surface area contributed by atoms with E-state index in [0.29, 0.717) is 22.9 Å². The molecule has 0 saturated carbocycles. The zero-order valence-corrected chi connectivity index (χ0v) is 20.7. The molecule has 0 heterocycles. The van der Waals surface area contributed by atoms with Crippen LogP contribution < -0.4 is 5.32 Å². The third-order valence-corrected chi connectivity index (χ3v) is 6.00. The van der Waals surface area contributed by atoms with Gasteiger partial charge >= 0.3 is 5.97 Å². The van der Waals surface area contributed by atoms with E-state index in [2.05, 4.69) is 12.2 Å². The molecular formula is C26H44ClNO4. The first-order valence-electron chi connectivity index (χ1n) is 12.6. The van der Waals surface area contributed by atoms with Gasteiger partial charge in [0.25, 0.3) is 0 Å². The van der Waals surface area contributed by atoms with Crippen LogP contribution in [0.25, 0.3) is 0 Å². The summed E-state index contributed by atoms with van der Waals surface area (Å²) >= 11 is 6.11. The number of hydrogen-bond acceptors (Lipinski definition) is 5. The number of benzene rings is 1. The summed E-state index contributed by atoms with van der Waals surface area (Å²) in [5.41, 5.74) is 0.950. The summed E-state index contributed by atoms with van der Waals surface area (Å²) in [5.74, 6) is -0.373. The molecule has 5 nitrogen and oxygen atoms in total. The van der Waals surface area contributed by atoms with Crippen molar-refractivity contribution in [3.8, 4) is 0 Å². The molecule has 1 rings (SSSR count). The summed E-state index contributed by atoms with van der Waals surface area (Å²) in [4.78, 5) is 12.3. The fourth-order valence-electron chi connectivity index (χ4n) is 3.62. The Balaban J connectivity index is 2.04. The predicted octanol–water partition coefficient (Wildman–Crippen LogP) is 6.74. The number of anilines is 1. The molecule has 184 valence electrons. The monoisotopic (exact) mass is 469 g/mol. The van der Waals surface area contributed by atoms with Crippen molar-refractivity contribution in [1.82, 2.24) is 0 Å². The van der Waals surface area contributed by atoms with E-state index in [1.807, 2.05) is 0 Å². The largest absolute Gasteiger partial charge is 0.462 e. The molecule has 0 fully saturated rings. The van der Waals surface area contributed by atoms with Gasteiger partial charge in [0.2, 0.25) is 0 Å². The molecule has 0 radical (unpaired) electrons. The summed E-state index contributed by atoms with van der Waals surface area (Å²) < 4.78 is 5.38. The summed E-state index contributed by atoms with van der Waals surface area (Å²) in [6, 6.07) is 4.86. The van der Waals surface area contributed by atoms with Gasteiger partial charge in [-0.2, -0.15) is 0 Å². The van der Waals surface area contributed by atoms with Crippen molar-refractivity contribution >= 4 is 23.3 Å². The first-order chi connectivity index (χ1) is 15.6. The number of rotatable bonds is 20. The molecular weight excluding hydrogens is 426 g/mol. The van der Waals surface area contributed by atoms with E-state index < -0.39 is 6.10 Å². The van der Waals surface area contributed by atoms with Gasteiger partial charge in [-0.3, -0.25) is 0 Å². The maximum Gasteiger partial charge on any atom is 0.338 e. The predicted molar refractivity (Wildman–Crippen MR) is 134 cm³/mol. The van der Waals surface area contributed by atoms with Crippen LogP contribution in [0.15, 0.2) is 18.2 Å². The van der Waals surface area contributed by atoms with Gasteiger partial charge in [-0.25, -0.2) is 4.79 Å². The number of nitrogens with one attached hydrogen (secondary N) is 1. The van der Waals surface area contributed by atoms with E-state index in [-0.39, 0.29) is 19.1 Å². The second-order valence-electron chi connectivity index (χ2n) is 8.64. The fraction of sp³-hybridized carbons (Fsp3) is 0.731. The van der Waals surface area contributed by atoms with Crippen LogP contribution in [0.2, 0.25) is 5.02 Å². The number of hydrogen-bond donors (Lipinski definition) is 3. The van der Waals surface area contributed by atoms with Crippen molar-refractivity contribution in [3.63, 3.8) is 0 Å². The molecule has 1 aromatic rings. The van der Waals surface area contributed by atoms with Crippen molar-refractivity contribution in [2.24, 2.45) is 0 Å². The van der Waals surface area contributed by atoms with E-state index >= 15 is 0 Å². The highest BCUT2D eigenvalue weighted by molar-refractivity contribution is 6.33. The first kappa shape index (κ1) is 28.7. The third kappa shape index (κ3) is 14.0. The van der Waals surface area contributed by atoms with Gasteiger partial charge in [-0.1, -0.05) is 102 Å². The maximum atomic E-state index is 12.3. The Kier molecular flexibility index (Phi) is 17.2. The van der Waals surface area contributed by atoms with E-state index in [1.54, 1.807) is 18.2 Å². The standard InChI is InChI=1S/C26H44ClNO4/c1-2-3-4-5-6-7-8-9-10-11-12-13-14-15-18-32-26(31)22-16-17-24(27)25(19-22)28-20-23(30)21-29/h16-17,19,23,28-30H,2-15,18,20-21H2,1H3. The van der Waals surface area contributed by atoms with Crippen LogP contribution in [0.3, 0.4) is 0 Å². The van der Waals surface area contributed by atoms with Gasteiger partial charge in [0.15, 0.2) is 0 Å². The Bertz CT molecular complexity index is 611. The highest BCUT2D eigenvalue weighted by Crippen LogP contribution is 2.23. The summed E-state index contributed by atoms with van der Waals surface area (Å²) in [5, 5.41) is 21.7. The van der Waals surface area contributed by atoms with Crippen LogP contribution in [-0.4, -0.2) is 42.0 Å². The van der Waals surface area contributed by atoms with Crippen molar-refractivity contribution in [2.45, 2.75) is 103 Å². The number of halogens is 1. The molecule has 0 amide bonds. The Morgan fingerprint density at radius 2 is 1.47 bits per heavy atom. The van der Waals surface area contributed by atoms with Crippen LogP contribution in [-0.2, 0) is 4.74 Å². The van der Waals surface area contributed by atoms with Gasteiger partial charge in [-0.15, -0.1) is 0 Å². The normalized spacial score (nSPS) is 12.0. The van der Waals surface area contributed by atoms with Gasteiger partial charge in [0.05, 0.1) is 35.6 Å². The lowest BCUT2D eigenvalue weighted by molar-refractivity contribution is 0.0497. The number of carbonyl (C=O) groups is 1. The second kappa shape index (κ2) is 19.2. The minimum atomic E-state index is -0.887. The third-order valence-electron chi connectivity index (χ3n) is 5.67. The number of unbranched alkanes of at least 4 members (excludes halogenated alkanes) is 13. The van der Waals surface area contributed by atoms with Crippen molar-refractivity contribution in [1.29, 1.82) is 0 Å². The smallest absolute Gasteiger partial charge is 0.338 e. The lowest BCUT2D eigenvalue weighted by Gasteiger charge is -2.13. The van der Waals surface area contributed by atoms with Crippen molar-refractivity contribution in [2.75, 3.05) is 25.1 Å². The molecule has 0 aliphatic carbocycles. The maximum absolute atomic E-state index is 12.3. The van der Waals surface area contributed by atoms with Crippen LogP contribution in [0.5, 0.6) is 0 Å². The molecule has 32 heavy (non-hydrogen) atoms. The minimum absolute atomic E-state index is 0.147. The average Bonchev–Trinajstić information content (AvgIpc) is 2.80. The zero-order valence-electron chi connectivity index (χ0n) is 19.9. The minimum Gasteiger partial charge on any atom is -0.462 e.